The molecule has 0 bridgehead atoms. The lowest BCUT2D eigenvalue weighted by molar-refractivity contribution is 0.0947. The number of oxazole rings is 1. The van der Waals surface area contributed by atoms with E-state index in [2.05, 4.69) is 15.6 Å². The third kappa shape index (κ3) is 3.62. The summed E-state index contributed by atoms with van der Waals surface area (Å²) in [4.78, 5) is 16.4. The van der Waals surface area contributed by atoms with Gasteiger partial charge in [-0.25, -0.2) is 4.98 Å². The number of hydrogen-bond donors (Lipinski definition) is 2. The molecule has 21 heavy (non-hydrogen) atoms. The maximum absolute atomic E-state index is 12.1. The number of aryl methyl sites for hydroxylation is 3. The van der Waals surface area contributed by atoms with Crippen molar-refractivity contribution < 1.29 is 9.21 Å². The van der Waals surface area contributed by atoms with Crippen LogP contribution in [0.15, 0.2) is 22.6 Å². The van der Waals surface area contributed by atoms with Gasteiger partial charge in [-0.05, 0) is 51.5 Å². The minimum atomic E-state index is -0.130. The number of anilines is 1. The molecule has 0 saturated carbocycles. The number of carbonyl (C=O) groups excluding carboxylic acids is 1. The molecule has 2 aromatic rings. The second-order valence-electron chi connectivity index (χ2n) is 4.99. The van der Waals surface area contributed by atoms with Gasteiger partial charge in [0.25, 0.3) is 5.91 Å². The van der Waals surface area contributed by atoms with Crippen molar-refractivity contribution in [2.45, 2.75) is 34.2 Å². The first-order valence-corrected chi connectivity index (χ1v) is 7.07. The van der Waals surface area contributed by atoms with E-state index in [1.165, 1.54) is 0 Å². The molecule has 112 valence electrons. The molecule has 0 unspecified atom stereocenters. The molecule has 0 aliphatic heterocycles. The molecule has 1 aromatic carbocycles. The van der Waals surface area contributed by atoms with Crippen LogP contribution in [0.2, 0.25) is 0 Å². The summed E-state index contributed by atoms with van der Waals surface area (Å²) in [5.74, 6) is 1.18. The third-order valence-electron chi connectivity index (χ3n) is 3.33. The lowest BCUT2D eigenvalue weighted by Crippen LogP contribution is -2.23. The smallest absolute Gasteiger partial charge is 0.251 e. The van der Waals surface area contributed by atoms with Gasteiger partial charge in [0, 0.05) is 17.8 Å². The van der Waals surface area contributed by atoms with Crippen LogP contribution >= 0.6 is 0 Å². The molecule has 0 spiro atoms. The van der Waals surface area contributed by atoms with Crippen molar-refractivity contribution in [2.75, 3.05) is 11.9 Å². The van der Waals surface area contributed by atoms with Crippen molar-refractivity contribution in [3.8, 4) is 0 Å². The van der Waals surface area contributed by atoms with Crippen LogP contribution in [0, 0.1) is 20.8 Å². The van der Waals surface area contributed by atoms with E-state index in [0.717, 1.165) is 29.2 Å². The van der Waals surface area contributed by atoms with Crippen molar-refractivity contribution in [3.05, 3.63) is 46.7 Å². The Labute approximate surface area is 124 Å². The average Bonchev–Trinajstić information content (AvgIpc) is 2.77. The first kappa shape index (κ1) is 15.1. The SMILES string of the molecule is CCNc1ccc(C(=O)NCc2nc(C)c(C)o2)cc1C. The van der Waals surface area contributed by atoms with Crippen molar-refractivity contribution in [1.29, 1.82) is 0 Å². The van der Waals surface area contributed by atoms with Crippen LogP contribution in [-0.2, 0) is 6.54 Å². The topological polar surface area (TPSA) is 67.2 Å². The normalized spacial score (nSPS) is 10.5. The molecule has 5 nitrogen and oxygen atoms in total. The lowest BCUT2D eigenvalue weighted by atomic mass is 10.1. The van der Waals surface area contributed by atoms with Crippen molar-refractivity contribution in [2.24, 2.45) is 0 Å². The second-order valence-corrected chi connectivity index (χ2v) is 4.99. The van der Waals surface area contributed by atoms with Crippen LogP contribution in [-0.4, -0.2) is 17.4 Å². The van der Waals surface area contributed by atoms with E-state index in [4.69, 9.17) is 4.42 Å². The summed E-state index contributed by atoms with van der Waals surface area (Å²) in [6.45, 7) is 8.91. The van der Waals surface area contributed by atoms with Gasteiger partial charge in [0.05, 0.1) is 12.2 Å². The van der Waals surface area contributed by atoms with E-state index >= 15 is 0 Å². The van der Waals surface area contributed by atoms with Crippen molar-refractivity contribution >= 4 is 11.6 Å². The van der Waals surface area contributed by atoms with E-state index in [9.17, 15) is 4.79 Å². The average molecular weight is 287 g/mol. The van der Waals surface area contributed by atoms with Crippen LogP contribution in [0.1, 0.15) is 40.2 Å². The Morgan fingerprint density at radius 2 is 2.05 bits per heavy atom. The monoisotopic (exact) mass is 287 g/mol. The van der Waals surface area contributed by atoms with Gasteiger partial charge in [-0.15, -0.1) is 0 Å². The highest BCUT2D eigenvalue weighted by Crippen LogP contribution is 2.16. The Bertz CT molecular complexity index is 627. The summed E-state index contributed by atoms with van der Waals surface area (Å²) in [6.07, 6.45) is 0. The number of amides is 1. The summed E-state index contributed by atoms with van der Waals surface area (Å²) >= 11 is 0. The Hall–Kier alpha value is -2.30. The minimum absolute atomic E-state index is 0.130. The maximum atomic E-state index is 12.1. The molecular weight excluding hydrogens is 266 g/mol. The first-order valence-electron chi connectivity index (χ1n) is 7.07. The zero-order valence-corrected chi connectivity index (χ0v) is 12.9. The fraction of sp³-hybridized carbons (Fsp3) is 0.375. The highest BCUT2D eigenvalue weighted by molar-refractivity contribution is 5.94. The number of rotatable bonds is 5. The van der Waals surface area contributed by atoms with E-state index in [-0.39, 0.29) is 5.91 Å². The Balaban J connectivity index is 2.01. The van der Waals surface area contributed by atoms with Crippen LogP contribution in [0.5, 0.6) is 0 Å². The Kier molecular flexibility index (Phi) is 4.62. The molecule has 0 radical (unpaired) electrons. The highest BCUT2D eigenvalue weighted by atomic mass is 16.4. The largest absolute Gasteiger partial charge is 0.444 e. The van der Waals surface area contributed by atoms with Gasteiger partial charge < -0.3 is 15.1 Å². The number of carbonyl (C=O) groups is 1. The van der Waals surface area contributed by atoms with Gasteiger partial charge in [0.15, 0.2) is 0 Å². The van der Waals surface area contributed by atoms with Crippen LogP contribution in [0.3, 0.4) is 0 Å². The van der Waals surface area contributed by atoms with Gasteiger partial charge >= 0.3 is 0 Å². The number of nitrogens with one attached hydrogen (secondary N) is 2. The first-order chi connectivity index (χ1) is 10.0. The zero-order chi connectivity index (χ0) is 15.4. The molecule has 0 aliphatic rings. The molecule has 2 rings (SSSR count). The van der Waals surface area contributed by atoms with E-state index in [1.807, 2.05) is 45.9 Å². The summed E-state index contributed by atoms with van der Waals surface area (Å²) in [7, 11) is 0. The van der Waals surface area contributed by atoms with E-state index in [1.54, 1.807) is 0 Å². The molecule has 1 aromatic heterocycles. The fourth-order valence-corrected chi connectivity index (χ4v) is 2.07. The molecule has 0 atom stereocenters. The summed E-state index contributed by atoms with van der Waals surface area (Å²) < 4.78 is 5.44. The maximum Gasteiger partial charge on any atom is 0.251 e. The van der Waals surface area contributed by atoms with E-state index < -0.39 is 0 Å². The molecular formula is C16H21N3O2. The predicted octanol–water partition coefficient (Wildman–Crippen LogP) is 2.96. The number of benzene rings is 1. The Morgan fingerprint density at radius 3 is 2.62 bits per heavy atom. The van der Waals surface area contributed by atoms with E-state index in [0.29, 0.717) is 18.0 Å². The summed E-state index contributed by atoms with van der Waals surface area (Å²) in [5.41, 5.74) is 3.58. The Morgan fingerprint density at radius 1 is 1.29 bits per heavy atom. The fourth-order valence-electron chi connectivity index (χ4n) is 2.07. The molecule has 0 aliphatic carbocycles. The van der Waals surface area contributed by atoms with Crippen LogP contribution in [0.25, 0.3) is 0 Å². The molecule has 0 saturated heterocycles. The van der Waals surface area contributed by atoms with Gasteiger partial charge in [-0.3, -0.25) is 4.79 Å². The van der Waals surface area contributed by atoms with Gasteiger partial charge in [-0.1, -0.05) is 0 Å². The van der Waals surface area contributed by atoms with Crippen LogP contribution < -0.4 is 10.6 Å². The molecule has 0 fully saturated rings. The number of aromatic nitrogens is 1. The number of hydrogen-bond acceptors (Lipinski definition) is 4. The van der Waals surface area contributed by atoms with Crippen molar-refractivity contribution in [1.82, 2.24) is 10.3 Å². The lowest BCUT2D eigenvalue weighted by Gasteiger charge is -2.09. The second kappa shape index (κ2) is 6.43. The molecule has 5 heteroatoms. The summed E-state index contributed by atoms with van der Waals surface area (Å²) in [6, 6.07) is 5.61. The molecule has 1 heterocycles. The van der Waals surface area contributed by atoms with Crippen LogP contribution in [0.4, 0.5) is 5.69 Å². The molecule has 2 N–H and O–H groups in total. The summed E-state index contributed by atoms with van der Waals surface area (Å²) in [5, 5.41) is 6.07. The zero-order valence-electron chi connectivity index (χ0n) is 12.9. The highest BCUT2D eigenvalue weighted by Gasteiger charge is 2.10. The van der Waals surface area contributed by atoms with Gasteiger partial charge in [0.2, 0.25) is 5.89 Å². The van der Waals surface area contributed by atoms with Gasteiger partial charge in [0.1, 0.15) is 5.76 Å². The van der Waals surface area contributed by atoms with Crippen molar-refractivity contribution in [3.63, 3.8) is 0 Å². The van der Waals surface area contributed by atoms with Gasteiger partial charge in [-0.2, -0.15) is 0 Å². The third-order valence-corrected chi connectivity index (χ3v) is 3.33. The number of nitrogens with zero attached hydrogens (tertiary/aromatic N) is 1. The quantitative estimate of drug-likeness (QED) is 0.887. The predicted molar refractivity (Wildman–Crippen MR) is 82.5 cm³/mol. The minimum Gasteiger partial charge on any atom is -0.444 e. The molecule has 1 amide bonds. The standard InChI is InChI=1S/C16H21N3O2/c1-5-17-14-7-6-13(8-10(14)2)16(20)18-9-15-19-11(3)12(4)21-15/h6-8,17H,5,9H2,1-4H3,(H,18,20).